The third-order valence-corrected chi connectivity index (χ3v) is 8.23. The van der Waals surface area contributed by atoms with Gasteiger partial charge in [-0.05, 0) is 44.7 Å². The molecule has 0 bridgehead atoms. The summed E-state index contributed by atoms with van der Waals surface area (Å²) in [5.41, 5.74) is -0.574. The van der Waals surface area contributed by atoms with Gasteiger partial charge in [-0.2, -0.15) is 18.3 Å². The molecule has 0 radical (unpaired) electrons. The molecule has 2 aliphatic rings. The van der Waals surface area contributed by atoms with Gasteiger partial charge in [0.15, 0.2) is 9.84 Å². The summed E-state index contributed by atoms with van der Waals surface area (Å²) in [7, 11) is -4.43. The van der Waals surface area contributed by atoms with Gasteiger partial charge in [0, 0.05) is 12.6 Å². The Morgan fingerprint density at radius 3 is 2.48 bits per heavy atom. The van der Waals surface area contributed by atoms with Gasteiger partial charge in [-0.25, -0.2) is 17.9 Å². The molecule has 0 spiro atoms. The van der Waals surface area contributed by atoms with Crippen molar-refractivity contribution in [1.29, 1.82) is 0 Å². The van der Waals surface area contributed by atoms with Gasteiger partial charge in [0.05, 0.1) is 27.4 Å². The van der Waals surface area contributed by atoms with Gasteiger partial charge in [-0.3, -0.25) is 0 Å². The highest BCUT2D eigenvalue weighted by Crippen LogP contribution is 2.40. The van der Waals surface area contributed by atoms with Crippen LogP contribution in [-0.4, -0.2) is 47.1 Å². The summed E-state index contributed by atoms with van der Waals surface area (Å²) >= 11 is 0. The highest BCUT2D eigenvalue weighted by atomic mass is 32.2. The molecule has 168 valence electrons. The highest BCUT2D eigenvalue weighted by molar-refractivity contribution is 7.92. The molecule has 2 aromatic rings. The summed E-state index contributed by atoms with van der Waals surface area (Å²) in [6, 6.07) is 4.66. The second kappa shape index (κ2) is 7.54. The third kappa shape index (κ3) is 3.79. The lowest BCUT2D eigenvalue weighted by Gasteiger charge is -2.31. The van der Waals surface area contributed by atoms with Crippen molar-refractivity contribution < 1.29 is 31.5 Å². The first-order valence-electron chi connectivity index (χ1n) is 9.96. The fourth-order valence-electron chi connectivity index (χ4n) is 4.26. The van der Waals surface area contributed by atoms with Crippen molar-refractivity contribution in [2.75, 3.05) is 11.4 Å². The maximum absolute atomic E-state index is 13.4. The van der Waals surface area contributed by atoms with Crippen LogP contribution in [-0.2, 0) is 20.8 Å². The molecule has 7 nitrogen and oxygen atoms in total. The van der Waals surface area contributed by atoms with E-state index in [1.54, 1.807) is 17.7 Å². The monoisotopic (exact) mass is 457 g/mol. The molecule has 0 unspecified atom stereocenters. The quantitative estimate of drug-likeness (QED) is 0.740. The minimum Gasteiger partial charge on any atom is -0.480 e. The largest absolute Gasteiger partial charge is 0.480 e. The first-order valence-corrected chi connectivity index (χ1v) is 11.5. The van der Waals surface area contributed by atoms with Crippen LogP contribution in [0.25, 0.3) is 0 Å². The zero-order chi connectivity index (χ0) is 22.6. The number of alkyl halides is 3. The molecule has 1 aliphatic carbocycles. The summed E-state index contributed by atoms with van der Waals surface area (Å²) in [6.07, 6.45) is -2.34. The first-order chi connectivity index (χ1) is 14.5. The number of halogens is 3. The molecule has 1 N–H and O–H groups in total. The van der Waals surface area contributed by atoms with E-state index in [2.05, 4.69) is 5.10 Å². The number of sulfone groups is 1. The van der Waals surface area contributed by atoms with E-state index in [-0.39, 0.29) is 19.0 Å². The number of benzene rings is 1. The molecule has 2 atom stereocenters. The second-order valence-corrected chi connectivity index (χ2v) is 10.3. The van der Waals surface area contributed by atoms with E-state index in [9.17, 15) is 31.5 Å². The lowest BCUT2D eigenvalue weighted by molar-refractivity contribution is -0.140. The lowest BCUT2D eigenvalue weighted by Crippen LogP contribution is -2.38. The van der Waals surface area contributed by atoms with Crippen LogP contribution in [0.4, 0.5) is 19.0 Å². The Kier molecular flexibility index (Phi) is 5.27. The van der Waals surface area contributed by atoms with Gasteiger partial charge >= 0.3 is 12.1 Å². The zero-order valence-corrected chi connectivity index (χ0v) is 17.5. The topological polar surface area (TPSA) is 92.5 Å². The maximum atomic E-state index is 13.4. The van der Waals surface area contributed by atoms with Crippen LogP contribution in [0.3, 0.4) is 0 Å². The molecule has 2 fully saturated rings. The molecule has 1 aliphatic heterocycles. The molecular formula is C20H22F3N3O4S. The molecule has 4 rings (SSSR count). The Morgan fingerprint density at radius 2 is 1.90 bits per heavy atom. The van der Waals surface area contributed by atoms with Gasteiger partial charge in [0.25, 0.3) is 0 Å². The molecule has 31 heavy (non-hydrogen) atoms. The number of carboxylic acid groups (broad SMARTS) is 1. The average Bonchev–Trinajstić information content (AvgIpc) is 3.24. The number of hydrogen-bond acceptors (Lipinski definition) is 5. The van der Waals surface area contributed by atoms with Crippen molar-refractivity contribution in [3.05, 3.63) is 41.6 Å². The third-order valence-electron chi connectivity index (χ3n) is 6.04. The van der Waals surface area contributed by atoms with Crippen molar-refractivity contribution in [2.45, 2.75) is 61.0 Å². The molecular weight excluding hydrogens is 435 g/mol. The molecule has 1 aromatic carbocycles. The van der Waals surface area contributed by atoms with E-state index >= 15 is 0 Å². The van der Waals surface area contributed by atoms with E-state index in [0.717, 1.165) is 37.5 Å². The molecule has 1 saturated carbocycles. The van der Waals surface area contributed by atoms with Gasteiger partial charge in [-0.1, -0.05) is 12.1 Å². The van der Waals surface area contributed by atoms with E-state index in [0.29, 0.717) is 11.5 Å². The predicted octanol–water partition coefficient (Wildman–Crippen LogP) is 3.44. The van der Waals surface area contributed by atoms with Crippen molar-refractivity contribution in [3.63, 3.8) is 0 Å². The molecule has 2 heterocycles. The van der Waals surface area contributed by atoms with Gasteiger partial charge < -0.3 is 10.0 Å². The summed E-state index contributed by atoms with van der Waals surface area (Å²) in [5.74, 6) is -0.725. The minimum atomic E-state index is -4.84. The van der Waals surface area contributed by atoms with E-state index < -0.39 is 43.7 Å². The zero-order valence-electron chi connectivity index (χ0n) is 16.7. The van der Waals surface area contributed by atoms with Gasteiger partial charge in [0.1, 0.15) is 11.9 Å². The number of anilines is 1. The number of aromatic nitrogens is 2. The Bertz CT molecular complexity index is 1110. The number of aryl methyl sites for hydroxylation is 1. The summed E-state index contributed by atoms with van der Waals surface area (Å²) in [5, 5.41) is 12.9. The smallest absolute Gasteiger partial charge is 0.417 e. The normalized spacial score (nSPS) is 22.5. The van der Waals surface area contributed by atoms with Crippen LogP contribution in [0, 0.1) is 6.92 Å². The molecule has 0 amide bonds. The fourth-order valence-corrected chi connectivity index (χ4v) is 6.17. The molecule has 1 saturated heterocycles. The van der Waals surface area contributed by atoms with Gasteiger partial charge in [0.2, 0.25) is 0 Å². The number of aliphatic carboxylic acids is 1. The van der Waals surface area contributed by atoms with E-state index in [4.69, 9.17) is 0 Å². The Hall–Kier alpha value is -2.56. The number of carboxylic acids is 1. The average molecular weight is 457 g/mol. The fraction of sp³-hybridized carbons (Fsp3) is 0.500. The predicted molar refractivity (Wildman–Crippen MR) is 106 cm³/mol. The van der Waals surface area contributed by atoms with Crippen LogP contribution in [0.1, 0.15) is 43.0 Å². The SMILES string of the molecule is Cc1cc(N2C[C@H](S(=O)(=O)c3ccccc3C(F)(F)F)C[C@H]2C(=O)O)n(C2CCC2)n1. The Morgan fingerprint density at radius 1 is 1.23 bits per heavy atom. The van der Waals surface area contributed by atoms with Crippen molar-refractivity contribution in [2.24, 2.45) is 0 Å². The van der Waals surface area contributed by atoms with E-state index in [1.807, 2.05) is 0 Å². The second-order valence-electron chi connectivity index (χ2n) is 8.08. The first kappa shape index (κ1) is 21.7. The summed E-state index contributed by atoms with van der Waals surface area (Å²) < 4.78 is 68.4. The number of hydrogen-bond donors (Lipinski definition) is 1. The van der Waals surface area contributed by atoms with Crippen LogP contribution in [0.15, 0.2) is 35.2 Å². The number of rotatable bonds is 5. The van der Waals surface area contributed by atoms with Gasteiger partial charge in [-0.15, -0.1) is 0 Å². The van der Waals surface area contributed by atoms with Crippen molar-refractivity contribution in [3.8, 4) is 0 Å². The Labute approximate surface area is 177 Å². The molecule has 1 aromatic heterocycles. The van der Waals surface area contributed by atoms with Crippen LogP contribution in [0.5, 0.6) is 0 Å². The van der Waals surface area contributed by atoms with Crippen LogP contribution >= 0.6 is 0 Å². The number of carbonyl (C=O) groups is 1. The van der Waals surface area contributed by atoms with Crippen molar-refractivity contribution >= 4 is 21.6 Å². The highest BCUT2D eigenvalue weighted by Gasteiger charge is 2.47. The van der Waals surface area contributed by atoms with E-state index in [1.165, 1.54) is 11.0 Å². The summed E-state index contributed by atoms with van der Waals surface area (Å²) in [6.45, 7) is 1.54. The molecule has 11 heteroatoms. The minimum absolute atomic E-state index is 0.111. The maximum Gasteiger partial charge on any atom is 0.417 e. The lowest BCUT2D eigenvalue weighted by atomic mass is 9.93. The van der Waals surface area contributed by atoms with Crippen molar-refractivity contribution in [1.82, 2.24) is 9.78 Å². The number of nitrogens with zero attached hydrogens (tertiary/aromatic N) is 3. The standard InChI is InChI=1S/C20H22F3N3O4S/c1-12-9-18(26(24-12)13-5-4-6-13)25-11-14(10-16(25)19(27)28)31(29,30)17-8-3-2-7-15(17)20(21,22)23/h2-3,7-9,13-14,16H,4-6,10-11H2,1H3,(H,27,28)/t14-,16+/m1/s1. The van der Waals surface area contributed by atoms with Crippen LogP contribution < -0.4 is 4.90 Å². The Balaban J connectivity index is 1.72. The van der Waals surface area contributed by atoms with Crippen LogP contribution in [0.2, 0.25) is 0 Å². The summed E-state index contributed by atoms with van der Waals surface area (Å²) in [4.78, 5) is 12.6.